The Kier molecular flexibility index (Phi) is 6.36. The van der Waals surface area contributed by atoms with Crippen molar-refractivity contribution < 1.29 is 9.53 Å². The van der Waals surface area contributed by atoms with Crippen LogP contribution in [0.5, 0.6) is 0 Å². The summed E-state index contributed by atoms with van der Waals surface area (Å²) in [6.45, 7) is 6.13. The molecule has 0 aliphatic heterocycles. The molecule has 0 aliphatic carbocycles. The highest BCUT2D eigenvalue weighted by atomic mass is 79.9. The maximum atomic E-state index is 11.5. The van der Waals surface area contributed by atoms with Crippen LogP contribution in [0, 0.1) is 0 Å². The van der Waals surface area contributed by atoms with Gasteiger partial charge in [0.15, 0.2) is 0 Å². The number of hydrogen-bond acceptors (Lipinski definition) is 3. The van der Waals surface area contributed by atoms with Gasteiger partial charge in [-0.25, -0.2) is 0 Å². The maximum absolute atomic E-state index is 11.5. The monoisotopic (exact) mass is 313 g/mol. The Morgan fingerprint density at radius 3 is 2.50 bits per heavy atom. The maximum Gasteiger partial charge on any atom is 0.322 e. The van der Waals surface area contributed by atoms with Crippen molar-refractivity contribution >= 4 is 21.9 Å². The van der Waals surface area contributed by atoms with Gasteiger partial charge in [-0.3, -0.25) is 4.79 Å². The van der Waals surface area contributed by atoms with E-state index in [1.807, 2.05) is 26.0 Å². The van der Waals surface area contributed by atoms with E-state index >= 15 is 0 Å². The molecule has 0 heterocycles. The minimum Gasteiger partial charge on any atom is -0.465 e. The number of esters is 1. The fourth-order valence-corrected chi connectivity index (χ4v) is 2.06. The van der Waals surface area contributed by atoms with Crippen LogP contribution in [0.25, 0.3) is 0 Å². The van der Waals surface area contributed by atoms with Crippen LogP contribution in [0.2, 0.25) is 0 Å². The van der Waals surface area contributed by atoms with E-state index in [0.29, 0.717) is 6.61 Å². The van der Waals surface area contributed by atoms with Crippen molar-refractivity contribution in [3.8, 4) is 0 Å². The first-order valence-electron chi connectivity index (χ1n) is 6.20. The van der Waals surface area contributed by atoms with Crippen molar-refractivity contribution in [3.05, 3.63) is 34.3 Å². The molecule has 0 amide bonds. The third-order valence-corrected chi connectivity index (χ3v) is 3.16. The summed E-state index contributed by atoms with van der Waals surface area (Å²) in [4.78, 5) is 11.5. The van der Waals surface area contributed by atoms with Crippen molar-refractivity contribution in [2.24, 2.45) is 0 Å². The van der Waals surface area contributed by atoms with Crippen LogP contribution < -0.4 is 5.32 Å². The van der Waals surface area contributed by atoms with Gasteiger partial charge in [0.25, 0.3) is 0 Å². The number of halogens is 1. The molecule has 0 aliphatic rings. The number of hydrogen-bond donors (Lipinski definition) is 1. The topological polar surface area (TPSA) is 38.3 Å². The van der Waals surface area contributed by atoms with Gasteiger partial charge in [-0.1, -0.05) is 28.1 Å². The molecule has 1 N–H and O–H groups in total. The van der Waals surface area contributed by atoms with E-state index in [1.165, 1.54) is 5.56 Å². The Morgan fingerprint density at radius 1 is 1.33 bits per heavy atom. The summed E-state index contributed by atoms with van der Waals surface area (Å²) in [6.07, 6.45) is 0.886. The minimum atomic E-state index is -0.268. The number of nitrogens with one attached hydrogen (secondary N) is 1. The van der Waals surface area contributed by atoms with E-state index in [0.717, 1.165) is 10.9 Å². The standard InChI is InChI=1S/C14H20BrNO2/c1-4-18-14(17)11(3)16-10(2)9-12-5-7-13(15)8-6-12/h5-8,10-11,16H,4,9H2,1-3H3. The second-order valence-electron chi connectivity index (χ2n) is 4.37. The molecule has 1 aromatic carbocycles. The molecule has 0 radical (unpaired) electrons. The molecule has 1 rings (SSSR count). The van der Waals surface area contributed by atoms with E-state index in [4.69, 9.17) is 4.74 Å². The fourth-order valence-electron chi connectivity index (χ4n) is 1.80. The van der Waals surface area contributed by atoms with E-state index in [2.05, 4.69) is 40.3 Å². The molecule has 100 valence electrons. The lowest BCUT2D eigenvalue weighted by molar-refractivity contribution is -0.145. The molecular formula is C14H20BrNO2. The highest BCUT2D eigenvalue weighted by molar-refractivity contribution is 9.10. The molecule has 0 aromatic heterocycles. The summed E-state index contributed by atoms with van der Waals surface area (Å²) in [5.41, 5.74) is 1.24. The molecule has 2 atom stereocenters. The SMILES string of the molecule is CCOC(=O)C(C)NC(C)Cc1ccc(Br)cc1. The summed E-state index contributed by atoms with van der Waals surface area (Å²) in [6, 6.07) is 8.17. The van der Waals surface area contributed by atoms with Crippen LogP contribution in [0.3, 0.4) is 0 Å². The number of ether oxygens (including phenoxy) is 1. The lowest BCUT2D eigenvalue weighted by Crippen LogP contribution is -2.41. The van der Waals surface area contributed by atoms with Crippen LogP contribution in [0.1, 0.15) is 26.3 Å². The van der Waals surface area contributed by atoms with E-state index in [9.17, 15) is 4.79 Å². The van der Waals surface area contributed by atoms with Gasteiger partial charge in [-0.15, -0.1) is 0 Å². The summed E-state index contributed by atoms with van der Waals surface area (Å²) in [7, 11) is 0. The number of rotatable bonds is 6. The number of benzene rings is 1. The van der Waals surface area contributed by atoms with Crippen molar-refractivity contribution in [2.45, 2.75) is 39.3 Å². The molecule has 0 spiro atoms. The van der Waals surface area contributed by atoms with Crippen LogP contribution >= 0.6 is 15.9 Å². The van der Waals surface area contributed by atoms with Crippen LogP contribution in [-0.2, 0) is 16.0 Å². The first-order chi connectivity index (χ1) is 8.52. The second kappa shape index (κ2) is 7.54. The van der Waals surface area contributed by atoms with E-state index < -0.39 is 0 Å². The lowest BCUT2D eigenvalue weighted by atomic mass is 10.1. The van der Waals surface area contributed by atoms with Gasteiger partial charge >= 0.3 is 5.97 Å². The third-order valence-electron chi connectivity index (χ3n) is 2.63. The first-order valence-corrected chi connectivity index (χ1v) is 6.99. The number of carbonyl (C=O) groups is 1. The summed E-state index contributed by atoms with van der Waals surface area (Å²) in [5.74, 6) is -0.194. The minimum absolute atomic E-state index is 0.194. The second-order valence-corrected chi connectivity index (χ2v) is 5.29. The Hall–Kier alpha value is -0.870. The van der Waals surface area contributed by atoms with E-state index in [1.54, 1.807) is 0 Å². The van der Waals surface area contributed by atoms with Crippen LogP contribution in [0.15, 0.2) is 28.7 Å². The molecule has 0 saturated heterocycles. The van der Waals surface area contributed by atoms with Crippen molar-refractivity contribution in [1.29, 1.82) is 0 Å². The molecule has 2 unspecified atom stereocenters. The molecule has 18 heavy (non-hydrogen) atoms. The van der Waals surface area contributed by atoms with Gasteiger partial charge < -0.3 is 10.1 Å². The zero-order valence-electron chi connectivity index (χ0n) is 11.1. The third kappa shape index (κ3) is 5.19. The van der Waals surface area contributed by atoms with Crippen molar-refractivity contribution in [3.63, 3.8) is 0 Å². The average Bonchev–Trinajstić information content (AvgIpc) is 2.32. The van der Waals surface area contributed by atoms with Crippen molar-refractivity contribution in [1.82, 2.24) is 5.32 Å². The Morgan fingerprint density at radius 2 is 1.94 bits per heavy atom. The molecule has 0 saturated carbocycles. The predicted octanol–water partition coefficient (Wildman–Crippen LogP) is 2.92. The van der Waals surface area contributed by atoms with Gasteiger partial charge in [0.1, 0.15) is 6.04 Å². The summed E-state index contributed by atoms with van der Waals surface area (Å²) < 4.78 is 6.04. The van der Waals surface area contributed by atoms with Crippen LogP contribution in [-0.4, -0.2) is 24.7 Å². The predicted molar refractivity (Wildman–Crippen MR) is 76.5 cm³/mol. The quantitative estimate of drug-likeness (QED) is 0.821. The van der Waals surface area contributed by atoms with Crippen LogP contribution in [0.4, 0.5) is 0 Å². The first kappa shape index (κ1) is 15.2. The van der Waals surface area contributed by atoms with E-state index in [-0.39, 0.29) is 18.1 Å². The Bertz CT molecular complexity index is 378. The fraction of sp³-hybridized carbons (Fsp3) is 0.500. The lowest BCUT2D eigenvalue weighted by Gasteiger charge is -2.18. The summed E-state index contributed by atoms with van der Waals surface area (Å²) in [5, 5.41) is 3.24. The molecule has 4 heteroatoms. The van der Waals surface area contributed by atoms with Gasteiger partial charge in [0, 0.05) is 10.5 Å². The highest BCUT2D eigenvalue weighted by Crippen LogP contribution is 2.12. The Labute approximate surface area is 117 Å². The van der Waals surface area contributed by atoms with Gasteiger partial charge in [-0.05, 0) is 44.9 Å². The van der Waals surface area contributed by atoms with Gasteiger partial charge in [0.05, 0.1) is 6.61 Å². The number of carbonyl (C=O) groups excluding carboxylic acids is 1. The van der Waals surface area contributed by atoms with Crippen molar-refractivity contribution in [2.75, 3.05) is 6.61 Å². The smallest absolute Gasteiger partial charge is 0.322 e. The van der Waals surface area contributed by atoms with Gasteiger partial charge in [-0.2, -0.15) is 0 Å². The molecule has 1 aromatic rings. The molecule has 0 bridgehead atoms. The molecule has 0 fully saturated rings. The molecule has 3 nitrogen and oxygen atoms in total. The highest BCUT2D eigenvalue weighted by Gasteiger charge is 2.16. The zero-order valence-corrected chi connectivity index (χ0v) is 12.7. The normalized spacial score (nSPS) is 14.0. The van der Waals surface area contributed by atoms with Gasteiger partial charge in [0.2, 0.25) is 0 Å². The average molecular weight is 314 g/mol. The zero-order chi connectivity index (χ0) is 13.5. The molecular weight excluding hydrogens is 294 g/mol. The summed E-state index contributed by atoms with van der Waals surface area (Å²) >= 11 is 3.41. The Balaban J connectivity index is 2.43. The largest absolute Gasteiger partial charge is 0.465 e.